The maximum atomic E-state index is 11.9. The number of esters is 1. The van der Waals surface area contributed by atoms with E-state index in [0.29, 0.717) is 11.5 Å². The van der Waals surface area contributed by atoms with Gasteiger partial charge in [0.25, 0.3) is 0 Å². The number of carbonyl (C=O) groups is 1. The van der Waals surface area contributed by atoms with Crippen molar-refractivity contribution in [1.82, 2.24) is 14.9 Å². The second-order valence-electron chi connectivity index (χ2n) is 11.0. The van der Waals surface area contributed by atoms with Crippen molar-refractivity contribution < 1.29 is 9.53 Å². The van der Waals surface area contributed by atoms with E-state index in [0.717, 1.165) is 61.4 Å². The molecule has 210 valence electrons. The van der Waals surface area contributed by atoms with Crippen LogP contribution in [0.4, 0.5) is 0 Å². The van der Waals surface area contributed by atoms with Crippen LogP contribution in [0.1, 0.15) is 67.2 Å². The zero-order valence-electron chi connectivity index (χ0n) is 24.6. The van der Waals surface area contributed by atoms with Crippen molar-refractivity contribution in [2.24, 2.45) is 5.92 Å². The molecule has 3 aromatic carbocycles. The first-order valence-electron chi connectivity index (χ1n) is 14.5. The van der Waals surface area contributed by atoms with Gasteiger partial charge in [-0.1, -0.05) is 93.9 Å². The highest BCUT2D eigenvalue weighted by Gasteiger charge is 2.23. The molecular formula is C35H43N3O2. The van der Waals surface area contributed by atoms with Crippen LogP contribution in [0.2, 0.25) is 0 Å². The highest BCUT2D eigenvalue weighted by molar-refractivity contribution is 5.89. The number of hydrogen-bond donors (Lipinski definition) is 1. The molecule has 1 aromatic heterocycles. The summed E-state index contributed by atoms with van der Waals surface area (Å²) in [6.45, 7) is 10.7. The Bertz CT molecular complexity index is 1370. The van der Waals surface area contributed by atoms with Crippen molar-refractivity contribution in [3.05, 3.63) is 101 Å². The summed E-state index contributed by atoms with van der Waals surface area (Å²) in [6, 6.07) is 27.1. The van der Waals surface area contributed by atoms with Gasteiger partial charge in [0.2, 0.25) is 0 Å². The lowest BCUT2D eigenvalue weighted by Crippen LogP contribution is -2.33. The molecule has 1 N–H and O–H groups in total. The first-order valence-corrected chi connectivity index (χ1v) is 14.5. The molecule has 1 heterocycles. The fraction of sp³-hybridized carbons (Fsp3) is 0.371. The van der Waals surface area contributed by atoms with Crippen LogP contribution in [0, 0.1) is 12.8 Å². The second-order valence-corrected chi connectivity index (χ2v) is 11.0. The van der Waals surface area contributed by atoms with Crippen molar-refractivity contribution in [1.29, 1.82) is 0 Å². The van der Waals surface area contributed by atoms with E-state index in [-0.39, 0.29) is 12.0 Å². The number of aryl methyl sites for hydroxylation is 1. The minimum atomic E-state index is -0.310. The maximum Gasteiger partial charge on any atom is 0.337 e. The maximum absolute atomic E-state index is 11.9. The first kappa shape index (κ1) is 29.3. The van der Waals surface area contributed by atoms with Gasteiger partial charge >= 0.3 is 5.97 Å². The monoisotopic (exact) mass is 537 g/mol. The normalized spacial score (nSPS) is 12.1. The van der Waals surface area contributed by atoms with Crippen LogP contribution in [0.3, 0.4) is 0 Å². The minimum Gasteiger partial charge on any atom is -0.465 e. The molecule has 0 aliphatic rings. The number of aromatic nitrogens is 2. The van der Waals surface area contributed by atoms with Gasteiger partial charge in [0, 0.05) is 42.4 Å². The number of nitrogens with zero attached hydrogens (tertiary/aromatic N) is 2. The summed E-state index contributed by atoms with van der Waals surface area (Å²) in [5.41, 5.74) is 7.67. The molecule has 5 heteroatoms. The zero-order chi connectivity index (χ0) is 28.5. The summed E-state index contributed by atoms with van der Waals surface area (Å²) in [7, 11) is 1.41. The quantitative estimate of drug-likeness (QED) is 0.176. The number of rotatable bonds is 13. The molecule has 0 amide bonds. The lowest BCUT2D eigenvalue weighted by Gasteiger charge is -2.23. The highest BCUT2D eigenvalue weighted by Crippen LogP contribution is 2.33. The van der Waals surface area contributed by atoms with Crippen LogP contribution in [0.15, 0.2) is 78.9 Å². The third-order valence-electron chi connectivity index (χ3n) is 7.41. The van der Waals surface area contributed by atoms with Crippen molar-refractivity contribution in [2.75, 3.05) is 7.11 Å². The highest BCUT2D eigenvalue weighted by atomic mass is 16.5. The fourth-order valence-corrected chi connectivity index (χ4v) is 5.29. The molecule has 1 atom stereocenters. The average molecular weight is 538 g/mol. The largest absolute Gasteiger partial charge is 0.465 e. The summed E-state index contributed by atoms with van der Waals surface area (Å²) in [5, 5.41) is 3.84. The zero-order valence-corrected chi connectivity index (χ0v) is 24.6. The number of imidazole rings is 1. The van der Waals surface area contributed by atoms with Crippen LogP contribution in [-0.2, 0) is 24.2 Å². The van der Waals surface area contributed by atoms with E-state index < -0.39 is 0 Å². The van der Waals surface area contributed by atoms with Gasteiger partial charge in [-0.25, -0.2) is 9.78 Å². The molecule has 4 aromatic rings. The number of methoxy groups -OCH3 is 1. The van der Waals surface area contributed by atoms with Crippen LogP contribution >= 0.6 is 0 Å². The molecule has 0 aliphatic heterocycles. The molecule has 0 spiro atoms. The van der Waals surface area contributed by atoms with E-state index in [1.165, 1.54) is 23.9 Å². The number of nitrogens with one attached hydrogen (secondary N) is 1. The van der Waals surface area contributed by atoms with Crippen LogP contribution in [0.25, 0.3) is 22.6 Å². The predicted molar refractivity (Wildman–Crippen MR) is 164 cm³/mol. The molecule has 1 unspecified atom stereocenters. The lowest BCUT2D eigenvalue weighted by molar-refractivity contribution is 0.0600. The fourth-order valence-electron chi connectivity index (χ4n) is 5.29. The Kier molecular flexibility index (Phi) is 10.3. The number of hydrogen-bond acceptors (Lipinski definition) is 4. The van der Waals surface area contributed by atoms with Crippen LogP contribution in [-0.4, -0.2) is 28.7 Å². The van der Waals surface area contributed by atoms with Gasteiger partial charge in [0.05, 0.1) is 18.4 Å². The topological polar surface area (TPSA) is 56.2 Å². The average Bonchev–Trinajstić information content (AvgIpc) is 3.32. The van der Waals surface area contributed by atoms with E-state index >= 15 is 0 Å². The summed E-state index contributed by atoms with van der Waals surface area (Å²) < 4.78 is 7.33. The van der Waals surface area contributed by atoms with Gasteiger partial charge in [-0.3, -0.25) is 0 Å². The van der Waals surface area contributed by atoms with E-state index in [9.17, 15) is 4.79 Å². The molecule has 0 radical (unpaired) electrons. The smallest absolute Gasteiger partial charge is 0.337 e. The lowest BCUT2D eigenvalue weighted by atomic mass is 9.97. The number of ether oxygens (including phenoxy) is 1. The molecule has 0 fully saturated rings. The van der Waals surface area contributed by atoms with E-state index in [1.54, 1.807) is 0 Å². The van der Waals surface area contributed by atoms with E-state index in [1.807, 2.05) is 24.3 Å². The molecule has 5 nitrogen and oxygen atoms in total. The van der Waals surface area contributed by atoms with Gasteiger partial charge in [0.1, 0.15) is 5.82 Å². The van der Waals surface area contributed by atoms with E-state index in [4.69, 9.17) is 9.72 Å². The summed E-state index contributed by atoms with van der Waals surface area (Å²) in [4.78, 5) is 17.2. The number of benzene rings is 3. The Morgan fingerprint density at radius 1 is 0.975 bits per heavy atom. The molecule has 0 aliphatic carbocycles. The summed E-state index contributed by atoms with van der Waals surface area (Å²) >= 11 is 0. The van der Waals surface area contributed by atoms with Gasteiger partial charge in [-0.15, -0.1) is 0 Å². The molecule has 0 saturated carbocycles. The minimum absolute atomic E-state index is 0.268. The molecular weight excluding hydrogens is 494 g/mol. The third-order valence-corrected chi connectivity index (χ3v) is 7.41. The van der Waals surface area contributed by atoms with Crippen LogP contribution in [0.5, 0.6) is 0 Å². The molecule has 40 heavy (non-hydrogen) atoms. The summed E-state index contributed by atoms with van der Waals surface area (Å²) in [5.74, 6) is 1.29. The van der Waals surface area contributed by atoms with Gasteiger partial charge in [0.15, 0.2) is 0 Å². The third kappa shape index (κ3) is 7.28. The SMILES string of the molecule is CCCCn1c(-c2ccccc2C)nc(-c2ccccc2)c1CC(CC(C)C)NCc1ccc(C(=O)OC)cc1. The number of carbonyl (C=O) groups excluding carboxylic acids is 1. The standard InChI is InChI=1S/C35H43N3O2/c1-6-7-21-38-32(23-30(22-25(2)3)36-24-27-17-19-29(20-18-27)35(39)40-5)33(28-14-9-8-10-15-28)37-34(38)31-16-12-11-13-26(31)4/h8-20,25,30,36H,6-7,21-24H2,1-5H3. The van der Waals surface area contributed by atoms with E-state index in [2.05, 4.69) is 92.2 Å². The van der Waals surface area contributed by atoms with Crippen molar-refractivity contribution in [2.45, 2.75) is 72.5 Å². The Morgan fingerprint density at radius 3 is 2.33 bits per heavy atom. The van der Waals surface area contributed by atoms with Crippen molar-refractivity contribution in [3.8, 4) is 22.6 Å². The van der Waals surface area contributed by atoms with Crippen molar-refractivity contribution >= 4 is 5.97 Å². The summed E-state index contributed by atoms with van der Waals surface area (Å²) in [6.07, 6.45) is 4.16. The first-order chi connectivity index (χ1) is 19.4. The van der Waals surface area contributed by atoms with Crippen molar-refractivity contribution in [3.63, 3.8) is 0 Å². The Labute approximate surface area is 239 Å². The Balaban J connectivity index is 1.71. The van der Waals surface area contributed by atoms with Crippen LogP contribution < -0.4 is 5.32 Å². The second kappa shape index (κ2) is 14.1. The molecule has 0 saturated heterocycles. The van der Waals surface area contributed by atoms with Gasteiger partial charge in [-0.2, -0.15) is 0 Å². The number of unbranched alkanes of at least 4 members (excludes halogenated alkanes) is 1. The molecule has 4 rings (SSSR count). The van der Waals surface area contributed by atoms with Gasteiger partial charge in [-0.05, 0) is 48.9 Å². The predicted octanol–water partition coefficient (Wildman–Crippen LogP) is 7.86. The Morgan fingerprint density at radius 2 is 1.68 bits per heavy atom. The van der Waals surface area contributed by atoms with Gasteiger partial charge < -0.3 is 14.6 Å². The molecule has 0 bridgehead atoms. The Hall–Kier alpha value is -3.70.